The lowest BCUT2D eigenvalue weighted by atomic mass is 9.99. The second-order valence-corrected chi connectivity index (χ2v) is 4.68. The van der Waals surface area contributed by atoms with E-state index >= 15 is 0 Å². The Labute approximate surface area is 107 Å². The highest BCUT2D eigenvalue weighted by Crippen LogP contribution is 2.26. The average Bonchev–Trinajstić information content (AvgIpc) is 2.26. The first-order chi connectivity index (χ1) is 8.38. The van der Waals surface area contributed by atoms with Gasteiger partial charge in [0.05, 0.1) is 18.4 Å². The number of methoxy groups -OCH3 is 1. The van der Waals surface area contributed by atoms with Crippen LogP contribution in [0, 0.1) is 11.3 Å². The first-order valence-corrected chi connectivity index (χ1v) is 5.52. The van der Waals surface area contributed by atoms with Crippen LogP contribution in [-0.4, -0.2) is 18.6 Å². The lowest BCUT2D eigenvalue weighted by molar-refractivity contribution is -0.118. The summed E-state index contributed by atoms with van der Waals surface area (Å²) in [6.45, 7) is 3.69. The minimum absolute atomic E-state index is 0.176. The number of primary amides is 1. The second kappa shape index (κ2) is 5.41. The zero-order valence-electron chi connectivity index (χ0n) is 10.8. The number of nitrogens with two attached hydrogens (primary N) is 1. The molecule has 3 N–H and O–H groups in total. The molecule has 5 heteroatoms. The monoisotopic (exact) mass is 247 g/mol. The molecule has 0 aromatic heterocycles. The van der Waals surface area contributed by atoms with Crippen molar-refractivity contribution in [2.24, 2.45) is 5.73 Å². The molecule has 0 unspecified atom stereocenters. The minimum Gasteiger partial charge on any atom is -0.497 e. The largest absolute Gasteiger partial charge is 0.497 e. The Kier molecular flexibility index (Phi) is 4.16. The molecule has 0 bridgehead atoms. The third-order valence-electron chi connectivity index (χ3n) is 2.44. The van der Waals surface area contributed by atoms with Gasteiger partial charge in [0.2, 0.25) is 5.91 Å². The summed E-state index contributed by atoms with van der Waals surface area (Å²) in [5.41, 5.74) is 5.79. The van der Waals surface area contributed by atoms with Crippen LogP contribution in [0.2, 0.25) is 0 Å². The lowest BCUT2D eigenvalue weighted by Gasteiger charge is -2.26. The molecule has 1 rings (SSSR count). The summed E-state index contributed by atoms with van der Waals surface area (Å²) in [7, 11) is 1.56. The molecule has 5 nitrogen and oxygen atoms in total. The smallest absolute Gasteiger partial charge is 0.219 e. The Bertz CT molecular complexity index is 489. The quantitative estimate of drug-likeness (QED) is 0.827. The Morgan fingerprint density at radius 3 is 2.72 bits per heavy atom. The molecule has 96 valence electrons. The van der Waals surface area contributed by atoms with E-state index in [9.17, 15) is 4.79 Å². The molecule has 0 aliphatic rings. The van der Waals surface area contributed by atoms with Gasteiger partial charge in [-0.2, -0.15) is 5.26 Å². The van der Waals surface area contributed by atoms with Gasteiger partial charge in [-0.1, -0.05) is 0 Å². The number of ether oxygens (including phenoxy) is 1. The summed E-state index contributed by atoms with van der Waals surface area (Å²) in [5, 5.41) is 12.2. The highest BCUT2D eigenvalue weighted by atomic mass is 16.5. The summed E-state index contributed by atoms with van der Waals surface area (Å²) in [4.78, 5) is 11.0. The number of carbonyl (C=O) groups is 1. The zero-order chi connectivity index (χ0) is 13.8. The summed E-state index contributed by atoms with van der Waals surface area (Å²) >= 11 is 0. The van der Waals surface area contributed by atoms with Crippen LogP contribution < -0.4 is 15.8 Å². The normalized spacial score (nSPS) is 10.6. The molecule has 0 saturated carbocycles. The Morgan fingerprint density at radius 1 is 1.56 bits per heavy atom. The van der Waals surface area contributed by atoms with Crippen LogP contribution in [0.15, 0.2) is 18.2 Å². The van der Waals surface area contributed by atoms with Crippen molar-refractivity contribution in [3.63, 3.8) is 0 Å². The van der Waals surface area contributed by atoms with E-state index in [0.29, 0.717) is 17.0 Å². The molecule has 18 heavy (non-hydrogen) atoms. The Balaban J connectivity index is 3.02. The van der Waals surface area contributed by atoms with Crippen molar-refractivity contribution in [3.05, 3.63) is 23.8 Å². The van der Waals surface area contributed by atoms with Gasteiger partial charge in [0, 0.05) is 18.0 Å². The second-order valence-electron chi connectivity index (χ2n) is 4.68. The first-order valence-electron chi connectivity index (χ1n) is 5.52. The fraction of sp³-hybridized carbons (Fsp3) is 0.385. The molecule has 0 aliphatic carbocycles. The van der Waals surface area contributed by atoms with E-state index in [-0.39, 0.29) is 6.42 Å². The van der Waals surface area contributed by atoms with Crippen LogP contribution >= 0.6 is 0 Å². The Morgan fingerprint density at radius 2 is 2.22 bits per heavy atom. The van der Waals surface area contributed by atoms with E-state index in [0.717, 1.165) is 0 Å². The van der Waals surface area contributed by atoms with E-state index in [4.69, 9.17) is 15.7 Å². The SMILES string of the molecule is COc1ccc(C#N)c(NC(C)(C)CC(N)=O)c1. The van der Waals surface area contributed by atoms with Gasteiger partial charge < -0.3 is 15.8 Å². The standard InChI is InChI=1S/C13H17N3O2/c1-13(2,7-12(15)17)16-11-6-10(18-3)5-4-9(11)8-14/h4-6,16H,7H2,1-3H3,(H2,15,17). The molecule has 0 radical (unpaired) electrons. The fourth-order valence-corrected chi connectivity index (χ4v) is 1.70. The molecule has 1 aromatic carbocycles. The highest BCUT2D eigenvalue weighted by Gasteiger charge is 2.21. The molecular formula is C13H17N3O2. The van der Waals surface area contributed by atoms with Gasteiger partial charge in [-0.15, -0.1) is 0 Å². The van der Waals surface area contributed by atoms with Gasteiger partial charge in [0.25, 0.3) is 0 Å². The van der Waals surface area contributed by atoms with E-state index in [1.165, 1.54) is 0 Å². The molecule has 0 fully saturated rings. The number of hydrogen-bond acceptors (Lipinski definition) is 4. The van der Waals surface area contributed by atoms with Crippen molar-refractivity contribution in [1.82, 2.24) is 0 Å². The predicted molar refractivity (Wildman–Crippen MR) is 69.2 cm³/mol. The van der Waals surface area contributed by atoms with Crippen LogP contribution in [0.1, 0.15) is 25.8 Å². The maximum absolute atomic E-state index is 11.0. The van der Waals surface area contributed by atoms with Gasteiger partial charge >= 0.3 is 0 Å². The van der Waals surface area contributed by atoms with Gasteiger partial charge in [-0.05, 0) is 26.0 Å². The number of amides is 1. The van der Waals surface area contributed by atoms with E-state index in [2.05, 4.69) is 11.4 Å². The minimum atomic E-state index is -0.524. The number of hydrogen-bond donors (Lipinski definition) is 2. The van der Waals surface area contributed by atoms with Gasteiger partial charge in [0.15, 0.2) is 0 Å². The number of benzene rings is 1. The average molecular weight is 247 g/mol. The van der Waals surface area contributed by atoms with Crippen LogP contribution in [0.4, 0.5) is 5.69 Å². The van der Waals surface area contributed by atoms with Gasteiger partial charge in [-0.25, -0.2) is 0 Å². The van der Waals surface area contributed by atoms with Crippen molar-refractivity contribution in [1.29, 1.82) is 5.26 Å². The third-order valence-corrected chi connectivity index (χ3v) is 2.44. The molecule has 1 amide bonds. The fourth-order valence-electron chi connectivity index (χ4n) is 1.70. The first kappa shape index (κ1) is 13.8. The topological polar surface area (TPSA) is 88.1 Å². The van der Waals surface area contributed by atoms with Crippen LogP contribution in [0.25, 0.3) is 0 Å². The number of nitrogens with one attached hydrogen (secondary N) is 1. The van der Waals surface area contributed by atoms with Crippen LogP contribution in [0.5, 0.6) is 5.75 Å². The summed E-state index contributed by atoms with van der Waals surface area (Å²) in [6.07, 6.45) is 0.176. The summed E-state index contributed by atoms with van der Waals surface area (Å²) < 4.78 is 5.11. The molecule has 0 heterocycles. The number of carbonyl (C=O) groups excluding carboxylic acids is 1. The maximum Gasteiger partial charge on any atom is 0.219 e. The van der Waals surface area contributed by atoms with Crippen molar-refractivity contribution >= 4 is 11.6 Å². The van der Waals surface area contributed by atoms with Gasteiger partial charge in [0.1, 0.15) is 11.8 Å². The number of anilines is 1. The number of nitriles is 1. The third kappa shape index (κ3) is 3.67. The van der Waals surface area contributed by atoms with Crippen molar-refractivity contribution < 1.29 is 9.53 Å². The van der Waals surface area contributed by atoms with Crippen LogP contribution in [0.3, 0.4) is 0 Å². The van der Waals surface area contributed by atoms with Gasteiger partial charge in [-0.3, -0.25) is 4.79 Å². The predicted octanol–water partition coefficient (Wildman–Crippen LogP) is 1.63. The van der Waals surface area contributed by atoms with E-state index in [1.807, 2.05) is 13.8 Å². The molecular weight excluding hydrogens is 230 g/mol. The molecule has 1 aromatic rings. The number of nitrogens with zero attached hydrogens (tertiary/aromatic N) is 1. The molecule has 0 saturated heterocycles. The zero-order valence-corrected chi connectivity index (χ0v) is 10.8. The lowest BCUT2D eigenvalue weighted by Crippen LogP contribution is -2.36. The molecule has 0 atom stereocenters. The van der Waals surface area contributed by atoms with Crippen molar-refractivity contribution in [3.8, 4) is 11.8 Å². The molecule has 0 spiro atoms. The molecule has 0 aliphatic heterocycles. The Hall–Kier alpha value is -2.22. The summed E-state index contributed by atoms with van der Waals surface area (Å²) in [6, 6.07) is 7.19. The van der Waals surface area contributed by atoms with E-state index in [1.54, 1.807) is 25.3 Å². The highest BCUT2D eigenvalue weighted by molar-refractivity contribution is 5.76. The van der Waals surface area contributed by atoms with Crippen LogP contribution in [-0.2, 0) is 4.79 Å². The maximum atomic E-state index is 11.0. The van der Waals surface area contributed by atoms with Crippen molar-refractivity contribution in [2.45, 2.75) is 25.8 Å². The van der Waals surface area contributed by atoms with E-state index < -0.39 is 11.4 Å². The summed E-state index contributed by atoms with van der Waals surface area (Å²) in [5.74, 6) is 0.250. The number of rotatable bonds is 5. The van der Waals surface area contributed by atoms with Crippen molar-refractivity contribution in [2.75, 3.05) is 12.4 Å².